The molecule has 0 aromatic heterocycles. The quantitative estimate of drug-likeness (QED) is 0.618. The van der Waals surface area contributed by atoms with Crippen molar-refractivity contribution in [2.75, 3.05) is 39.8 Å². The van der Waals surface area contributed by atoms with Crippen molar-refractivity contribution < 1.29 is 9.59 Å². The van der Waals surface area contributed by atoms with Gasteiger partial charge in [-0.15, -0.1) is 6.42 Å². The molecule has 1 aliphatic heterocycles. The van der Waals surface area contributed by atoms with E-state index in [0.717, 1.165) is 13.1 Å². The molecule has 88 valence electrons. The molecule has 0 aromatic carbocycles. The molecule has 0 radical (unpaired) electrons. The summed E-state index contributed by atoms with van der Waals surface area (Å²) in [6, 6.07) is 0. The molecule has 0 aliphatic carbocycles. The number of hydrogen-bond donors (Lipinski definition) is 1. The topological polar surface area (TPSA) is 52.7 Å². The van der Waals surface area contributed by atoms with E-state index in [4.69, 9.17) is 6.42 Å². The zero-order valence-corrected chi connectivity index (χ0v) is 9.53. The predicted molar refractivity (Wildman–Crippen MR) is 60.5 cm³/mol. The first-order chi connectivity index (χ1) is 7.65. The van der Waals surface area contributed by atoms with Crippen LogP contribution in [0, 0.1) is 12.3 Å². The van der Waals surface area contributed by atoms with E-state index in [1.54, 1.807) is 11.9 Å². The van der Waals surface area contributed by atoms with Crippen molar-refractivity contribution in [2.24, 2.45) is 0 Å². The maximum atomic E-state index is 11.8. The van der Waals surface area contributed by atoms with Gasteiger partial charge in [0.05, 0.1) is 13.0 Å². The van der Waals surface area contributed by atoms with Crippen LogP contribution >= 0.6 is 0 Å². The zero-order chi connectivity index (χ0) is 12.0. The minimum absolute atomic E-state index is 0.0191. The third-order valence-corrected chi connectivity index (χ3v) is 2.52. The Balaban J connectivity index is 2.38. The van der Waals surface area contributed by atoms with Gasteiger partial charge in [0.25, 0.3) is 0 Å². The summed E-state index contributed by atoms with van der Waals surface area (Å²) in [4.78, 5) is 26.3. The first kappa shape index (κ1) is 12.5. The fourth-order valence-electron chi connectivity index (χ4n) is 1.53. The van der Waals surface area contributed by atoms with Crippen LogP contribution in [0.1, 0.15) is 6.42 Å². The molecule has 1 heterocycles. The fourth-order valence-corrected chi connectivity index (χ4v) is 1.53. The van der Waals surface area contributed by atoms with Crippen molar-refractivity contribution in [1.29, 1.82) is 0 Å². The van der Waals surface area contributed by atoms with Crippen molar-refractivity contribution in [3.05, 3.63) is 0 Å². The van der Waals surface area contributed by atoms with E-state index in [0.29, 0.717) is 13.1 Å². The molecule has 0 saturated carbocycles. The Hall–Kier alpha value is -1.54. The third-order valence-electron chi connectivity index (χ3n) is 2.52. The van der Waals surface area contributed by atoms with Gasteiger partial charge >= 0.3 is 0 Å². The van der Waals surface area contributed by atoms with Gasteiger partial charge in [-0.25, -0.2) is 0 Å². The molecular formula is C11H17N3O2. The monoisotopic (exact) mass is 223 g/mol. The molecule has 1 saturated heterocycles. The Bertz CT molecular complexity index is 303. The van der Waals surface area contributed by atoms with Crippen LogP contribution in [-0.4, -0.2) is 61.4 Å². The molecule has 0 bridgehead atoms. The lowest BCUT2D eigenvalue weighted by atomic mass is 10.3. The fraction of sp³-hybridized carbons (Fsp3) is 0.636. The maximum absolute atomic E-state index is 11.8. The van der Waals surface area contributed by atoms with Gasteiger partial charge in [0.15, 0.2) is 0 Å². The predicted octanol–water partition coefficient (Wildman–Crippen LogP) is -1.10. The van der Waals surface area contributed by atoms with E-state index in [1.807, 2.05) is 0 Å². The molecule has 16 heavy (non-hydrogen) atoms. The second kappa shape index (κ2) is 6.13. The number of rotatable bonds is 3. The van der Waals surface area contributed by atoms with Gasteiger partial charge in [-0.2, -0.15) is 0 Å². The van der Waals surface area contributed by atoms with E-state index in [2.05, 4.69) is 11.2 Å². The smallest absolute Gasteiger partial charge is 0.242 e. The Morgan fingerprint density at radius 2 is 2.06 bits per heavy atom. The summed E-state index contributed by atoms with van der Waals surface area (Å²) >= 11 is 0. The highest BCUT2D eigenvalue weighted by Gasteiger charge is 2.19. The molecule has 5 nitrogen and oxygen atoms in total. The highest BCUT2D eigenvalue weighted by molar-refractivity contribution is 5.85. The van der Waals surface area contributed by atoms with Crippen molar-refractivity contribution in [3.63, 3.8) is 0 Å². The van der Waals surface area contributed by atoms with E-state index >= 15 is 0 Å². The number of hydrogen-bond acceptors (Lipinski definition) is 3. The minimum atomic E-state index is -0.189. The first-order valence-corrected chi connectivity index (χ1v) is 5.31. The summed E-state index contributed by atoms with van der Waals surface area (Å²) in [7, 11) is 1.60. The second-order valence-electron chi connectivity index (χ2n) is 3.76. The van der Waals surface area contributed by atoms with Gasteiger partial charge in [0.1, 0.15) is 0 Å². The number of nitrogens with one attached hydrogen (secondary N) is 1. The molecule has 0 aromatic rings. The van der Waals surface area contributed by atoms with Gasteiger partial charge in [-0.05, 0) is 0 Å². The number of carbonyl (C=O) groups excluding carboxylic acids is 2. The molecule has 1 rings (SSSR count). The summed E-state index contributed by atoms with van der Waals surface area (Å²) in [5.41, 5.74) is 0. The van der Waals surface area contributed by atoms with Gasteiger partial charge in [-0.1, -0.05) is 5.92 Å². The van der Waals surface area contributed by atoms with E-state index < -0.39 is 0 Å². The van der Waals surface area contributed by atoms with E-state index in [-0.39, 0.29) is 24.8 Å². The standard InChI is InChI=1S/C11H17N3O2/c1-3-4-10(15)13(2)9-11(16)14-7-5-12-6-8-14/h1,12H,4-9H2,2H3. The minimum Gasteiger partial charge on any atom is -0.339 e. The van der Waals surface area contributed by atoms with Gasteiger partial charge in [-0.3, -0.25) is 9.59 Å². The lowest BCUT2D eigenvalue weighted by Gasteiger charge is -2.29. The Kier molecular flexibility index (Phi) is 4.80. The number of amides is 2. The highest BCUT2D eigenvalue weighted by Crippen LogP contribution is 1.97. The molecule has 1 N–H and O–H groups in total. The van der Waals surface area contributed by atoms with Crippen molar-refractivity contribution >= 4 is 11.8 Å². The molecule has 1 fully saturated rings. The van der Waals surface area contributed by atoms with E-state index in [9.17, 15) is 9.59 Å². The summed E-state index contributed by atoms with van der Waals surface area (Å²) < 4.78 is 0. The van der Waals surface area contributed by atoms with Crippen LogP contribution < -0.4 is 5.32 Å². The summed E-state index contributed by atoms with van der Waals surface area (Å²) in [5, 5.41) is 3.17. The normalized spacial score (nSPS) is 15.4. The van der Waals surface area contributed by atoms with Crippen LogP contribution in [0.3, 0.4) is 0 Å². The van der Waals surface area contributed by atoms with Gasteiger partial charge < -0.3 is 15.1 Å². The van der Waals surface area contributed by atoms with Crippen molar-refractivity contribution in [3.8, 4) is 12.3 Å². The van der Waals surface area contributed by atoms with Crippen LogP contribution in [-0.2, 0) is 9.59 Å². The SMILES string of the molecule is C#CCC(=O)N(C)CC(=O)N1CCNCC1. The molecule has 0 atom stereocenters. The number of likely N-dealkylation sites (N-methyl/N-ethyl adjacent to an activating group) is 1. The molecule has 0 unspecified atom stereocenters. The highest BCUT2D eigenvalue weighted by atomic mass is 16.2. The number of piperazine rings is 1. The lowest BCUT2D eigenvalue weighted by molar-refractivity contribution is -0.139. The van der Waals surface area contributed by atoms with Crippen LogP contribution in [0.15, 0.2) is 0 Å². The van der Waals surface area contributed by atoms with Gasteiger partial charge in [0.2, 0.25) is 11.8 Å². The van der Waals surface area contributed by atoms with Crippen LogP contribution in [0.5, 0.6) is 0 Å². The number of carbonyl (C=O) groups is 2. The summed E-state index contributed by atoms with van der Waals surface area (Å²) in [6.07, 6.45) is 5.09. The van der Waals surface area contributed by atoms with Crippen molar-refractivity contribution in [2.45, 2.75) is 6.42 Å². The second-order valence-corrected chi connectivity index (χ2v) is 3.76. The molecule has 5 heteroatoms. The Labute approximate surface area is 95.8 Å². The molecule has 1 aliphatic rings. The number of terminal acetylenes is 1. The van der Waals surface area contributed by atoms with E-state index in [1.165, 1.54) is 4.90 Å². The molecular weight excluding hydrogens is 206 g/mol. The molecule has 0 spiro atoms. The third kappa shape index (κ3) is 3.55. The Morgan fingerprint density at radius 3 is 2.62 bits per heavy atom. The maximum Gasteiger partial charge on any atom is 0.242 e. The first-order valence-electron chi connectivity index (χ1n) is 5.31. The molecule has 2 amide bonds. The lowest BCUT2D eigenvalue weighted by Crippen LogP contribution is -2.49. The van der Waals surface area contributed by atoms with Crippen molar-refractivity contribution in [1.82, 2.24) is 15.1 Å². The summed E-state index contributed by atoms with van der Waals surface area (Å²) in [5.74, 6) is 2.07. The largest absolute Gasteiger partial charge is 0.339 e. The Morgan fingerprint density at radius 1 is 1.44 bits per heavy atom. The number of nitrogens with zero attached hydrogens (tertiary/aromatic N) is 2. The van der Waals surface area contributed by atoms with Crippen LogP contribution in [0.2, 0.25) is 0 Å². The van der Waals surface area contributed by atoms with Crippen LogP contribution in [0.25, 0.3) is 0 Å². The average molecular weight is 223 g/mol. The average Bonchev–Trinajstić information content (AvgIpc) is 2.30. The zero-order valence-electron chi connectivity index (χ0n) is 9.53. The summed E-state index contributed by atoms with van der Waals surface area (Å²) in [6.45, 7) is 3.15. The van der Waals surface area contributed by atoms with Crippen LogP contribution in [0.4, 0.5) is 0 Å². The van der Waals surface area contributed by atoms with Gasteiger partial charge in [0, 0.05) is 33.2 Å².